The number of hydrogen-bond donors (Lipinski definition) is 1. The summed E-state index contributed by atoms with van der Waals surface area (Å²) in [6.07, 6.45) is -0.167. The van der Waals surface area contributed by atoms with E-state index in [4.69, 9.17) is 9.73 Å². The van der Waals surface area contributed by atoms with Crippen LogP contribution in [0.2, 0.25) is 0 Å². The van der Waals surface area contributed by atoms with Crippen LogP contribution in [0.25, 0.3) is 0 Å². The van der Waals surface area contributed by atoms with Gasteiger partial charge in [-0.3, -0.25) is 0 Å². The highest BCUT2D eigenvalue weighted by molar-refractivity contribution is 5.80. The summed E-state index contributed by atoms with van der Waals surface area (Å²) in [4.78, 5) is 7.11. The number of nitrogens with one attached hydrogen (secondary N) is 1. The minimum atomic E-state index is -0.250. The third-order valence-electron chi connectivity index (χ3n) is 5.64. The summed E-state index contributed by atoms with van der Waals surface area (Å²) < 4.78 is 21.5. The molecular weight excluding hydrogens is 407 g/mol. The van der Waals surface area contributed by atoms with Crippen LogP contribution in [0.4, 0.5) is 4.39 Å². The summed E-state index contributed by atoms with van der Waals surface area (Å²) in [6, 6.07) is 16.7. The zero-order valence-corrected chi connectivity index (χ0v) is 18.7. The summed E-state index contributed by atoms with van der Waals surface area (Å²) in [6.45, 7) is 6.37. The van der Waals surface area contributed by atoms with E-state index in [1.807, 2.05) is 43.7 Å². The van der Waals surface area contributed by atoms with Crippen molar-refractivity contribution in [3.8, 4) is 0 Å². The van der Waals surface area contributed by atoms with Gasteiger partial charge in [0.15, 0.2) is 11.8 Å². The summed E-state index contributed by atoms with van der Waals surface area (Å²) in [5.74, 6) is 2.24. The van der Waals surface area contributed by atoms with Crippen molar-refractivity contribution in [3.63, 3.8) is 0 Å². The Bertz CT molecular complexity index is 1050. The normalized spacial score (nSPS) is 19.2. The fraction of sp³-hybridized carbons (Fsp3) is 0.375. The van der Waals surface area contributed by atoms with Crippen molar-refractivity contribution in [2.45, 2.75) is 39.1 Å². The molecule has 0 bridgehead atoms. The number of benzene rings is 2. The number of ether oxygens (including phenoxy) is 1. The lowest BCUT2D eigenvalue weighted by Gasteiger charge is -2.38. The molecule has 7 nitrogen and oxygen atoms in total. The van der Waals surface area contributed by atoms with Crippen molar-refractivity contribution < 1.29 is 9.13 Å². The van der Waals surface area contributed by atoms with Crippen LogP contribution in [0.5, 0.6) is 0 Å². The highest BCUT2D eigenvalue weighted by Gasteiger charge is 2.28. The minimum absolute atomic E-state index is 0.000370. The molecule has 32 heavy (non-hydrogen) atoms. The van der Waals surface area contributed by atoms with Crippen LogP contribution < -0.4 is 5.32 Å². The molecule has 1 aromatic heterocycles. The van der Waals surface area contributed by atoms with Gasteiger partial charge in [-0.25, -0.2) is 9.38 Å². The minimum Gasteiger partial charge on any atom is -0.367 e. The van der Waals surface area contributed by atoms with E-state index in [9.17, 15) is 4.39 Å². The van der Waals surface area contributed by atoms with Crippen LogP contribution in [0.1, 0.15) is 35.8 Å². The molecule has 4 rings (SSSR count). The fourth-order valence-corrected chi connectivity index (χ4v) is 3.77. The summed E-state index contributed by atoms with van der Waals surface area (Å²) in [5, 5.41) is 11.9. The number of aliphatic imine (C=N–C) groups is 1. The third kappa shape index (κ3) is 5.31. The number of nitrogens with zero attached hydrogens (tertiary/aromatic N) is 5. The maximum Gasteiger partial charge on any atom is 0.194 e. The van der Waals surface area contributed by atoms with Gasteiger partial charge in [0.1, 0.15) is 17.7 Å². The lowest BCUT2D eigenvalue weighted by atomic mass is 10.1. The molecule has 0 spiro atoms. The first-order valence-corrected chi connectivity index (χ1v) is 10.8. The monoisotopic (exact) mass is 436 g/mol. The number of morpholine rings is 1. The summed E-state index contributed by atoms with van der Waals surface area (Å²) in [5.41, 5.74) is 2.09. The molecule has 2 unspecified atom stereocenters. The van der Waals surface area contributed by atoms with E-state index in [0.717, 1.165) is 28.7 Å². The Morgan fingerprint density at radius 1 is 1.12 bits per heavy atom. The van der Waals surface area contributed by atoms with Gasteiger partial charge in [0.25, 0.3) is 0 Å². The number of guanidine groups is 1. The van der Waals surface area contributed by atoms with E-state index >= 15 is 0 Å². The molecule has 0 saturated carbocycles. The standard InChI is InChI=1S/C24H29FN6O/c1-17-15-31(16-22(32-17)20-9-11-21(25)12-10-20)24(26-13-19-7-5-4-6-8-19)27-14-23-29-28-18(2)30(23)3/h4-12,17,22H,13-16H2,1-3H3,(H,26,27). The maximum absolute atomic E-state index is 13.4. The van der Waals surface area contributed by atoms with Crippen molar-refractivity contribution >= 4 is 5.96 Å². The molecule has 1 aliphatic heterocycles. The van der Waals surface area contributed by atoms with E-state index in [-0.39, 0.29) is 18.0 Å². The number of aromatic nitrogens is 3. The van der Waals surface area contributed by atoms with Crippen LogP contribution in [-0.2, 0) is 24.9 Å². The smallest absolute Gasteiger partial charge is 0.194 e. The molecule has 0 aliphatic carbocycles. The van der Waals surface area contributed by atoms with E-state index < -0.39 is 0 Å². The van der Waals surface area contributed by atoms with E-state index in [1.54, 1.807) is 12.1 Å². The molecule has 3 aromatic rings. The zero-order chi connectivity index (χ0) is 22.5. The second kappa shape index (κ2) is 9.91. The Labute approximate surface area is 188 Å². The molecule has 1 aliphatic rings. The van der Waals surface area contributed by atoms with Crippen molar-refractivity contribution in [1.29, 1.82) is 0 Å². The molecule has 1 fully saturated rings. The maximum atomic E-state index is 13.4. The Balaban J connectivity index is 1.55. The largest absolute Gasteiger partial charge is 0.367 e. The topological polar surface area (TPSA) is 67.6 Å². The highest BCUT2D eigenvalue weighted by atomic mass is 19.1. The quantitative estimate of drug-likeness (QED) is 0.491. The van der Waals surface area contributed by atoms with Gasteiger partial charge in [0.2, 0.25) is 0 Å². The lowest BCUT2D eigenvalue weighted by molar-refractivity contribution is -0.0605. The van der Waals surface area contributed by atoms with Gasteiger partial charge in [0.05, 0.1) is 25.7 Å². The average molecular weight is 437 g/mol. The van der Waals surface area contributed by atoms with E-state index in [1.165, 1.54) is 12.1 Å². The molecule has 2 atom stereocenters. The Kier molecular flexibility index (Phi) is 6.80. The first-order chi connectivity index (χ1) is 15.5. The van der Waals surface area contributed by atoms with E-state index in [0.29, 0.717) is 26.2 Å². The van der Waals surface area contributed by atoms with Crippen LogP contribution in [0, 0.1) is 12.7 Å². The van der Waals surface area contributed by atoms with Gasteiger partial charge in [-0.05, 0) is 37.1 Å². The van der Waals surface area contributed by atoms with Crippen LogP contribution in [-0.4, -0.2) is 44.8 Å². The number of rotatable bonds is 5. The molecule has 1 saturated heterocycles. The third-order valence-corrected chi connectivity index (χ3v) is 5.64. The first kappa shape index (κ1) is 22.0. The molecule has 168 valence electrons. The molecule has 1 N–H and O–H groups in total. The fourth-order valence-electron chi connectivity index (χ4n) is 3.77. The molecular formula is C24H29FN6O. The van der Waals surface area contributed by atoms with Crippen molar-refractivity contribution in [1.82, 2.24) is 25.0 Å². The Hall–Kier alpha value is -3.26. The summed E-state index contributed by atoms with van der Waals surface area (Å²) in [7, 11) is 1.95. The molecule has 2 aromatic carbocycles. The Morgan fingerprint density at radius 3 is 2.56 bits per heavy atom. The van der Waals surface area contributed by atoms with Gasteiger partial charge in [-0.2, -0.15) is 0 Å². The van der Waals surface area contributed by atoms with Crippen LogP contribution in [0.3, 0.4) is 0 Å². The van der Waals surface area contributed by atoms with Gasteiger partial charge in [-0.1, -0.05) is 42.5 Å². The number of aryl methyl sites for hydroxylation is 1. The SMILES string of the molecule is Cc1nnc(CNC(=NCc2ccccc2)N2CC(C)OC(c3ccc(F)cc3)C2)n1C. The van der Waals surface area contributed by atoms with Crippen molar-refractivity contribution in [2.24, 2.45) is 12.0 Å². The first-order valence-electron chi connectivity index (χ1n) is 10.8. The average Bonchev–Trinajstić information content (AvgIpc) is 3.12. The number of hydrogen-bond acceptors (Lipinski definition) is 4. The van der Waals surface area contributed by atoms with Gasteiger partial charge < -0.3 is 19.5 Å². The van der Waals surface area contributed by atoms with Gasteiger partial charge in [-0.15, -0.1) is 10.2 Å². The van der Waals surface area contributed by atoms with Crippen LogP contribution >= 0.6 is 0 Å². The van der Waals surface area contributed by atoms with E-state index in [2.05, 4.69) is 32.5 Å². The van der Waals surface area contributed by atoms with Gasteiger partial charge >= 0.3 is 0 Å². The zero-order valence-electron chi connectivity index (χ0n) is 18.7. The Morgan fingerprint density at radius 2 is 1.88 bits per heavy atom. The predicted molar refractivity (Wildman–Crippen MR) is 121 cm³/mol. The molecule has 0 radical (unpaired) electrons. The summed E-state index contributed by atoms with van der Waals surface area (Å²) >= 11 is 0. The molecule has 2 heterocycles. The van der Waals surface area contributed by atoms with Crippen molar-refractivity contribution in [2.75, 3.05) is 13.1 Å². The number of halogens is 1. The highest BCUT2D eigenvalue weighted by Crippen LogP contribution is 2.25. The van der Waals surface area contributed by atoms with Gasteiger partial charge in [0, 0.05) is 13.6 Å². The second-order valence-electron chi connectivity index (χ2n) is 8.09. The molecule has 0 amide bonds. The second-order valence-corrected chi connectivity index (χ2v) is 8.09. The van der Waals surface area contributed by atoms with Crippen LogP contribution in [0.15, 0.2) is 59.6 Å². The molecule has 8 heteroatoms. The predicted octanol–water partition coefficient (Wildman–Crippen LogP) is 3.37. The lowest BCUT2D eigenvalue weighted by Crippen LogP contribution is -2.50. The van der Waals surface area contributed by atoms with Crippen molar-refractivity contribution in [3.05, 3.63) is 83.2 Å².